The summed E-state index contributed by atoms with van der Waals surface area (Å²) in [5.74, 6) is -0.806. The van der Waals surface area contributed by atoms with Gasteiger partial charge in [0.1, 0.15) is 11.6 Å². The lowest BCUT2D eigenvalue weighted by Crippen LogP contribution is -2.21. The molecule has 0 radical (unpaired) electrons. The molecular formula is C18H19ClF2N2O. The van der Waals surface area contributed by atoms with Crippen molar-refractivity contribution < 1.29 is 13.6 Å². The fraction of sp³-hybridized carbons (Fsp3) is 0.278. The molecule has 0 heterocycles. The molecule has 0 fully saturated rings. The summed E-state index contributed by atoms with van der Waals surface area (Å²) in [6.07, 6.45) is 0.512. The molecule has 1 atom stereocenters. The van der Waals surface area contributed by atoms with Gasteiger partial charge in [-0.15, -0.1) is 0 Å². The van der Waals surface area contributed by atoms with Crippen LogP contribution in [0.5, 0.6) is 0 Å². The van der Waals surface area contributed by atoms with Crippen molar-refractivity contribution in [3.8, 4) is 0 Å². The summed E-state index contributed by atoms with van der Waals surface area (Å²) in [5, 5.41) is 5.60. The van der Waals surface area contributed by atoms with E-state index in [1.165, 1.54) is 12.1 Å². The van der Waals surface area contributed by atoms with Crippen LogP contribution < -0.4 is 10.6 Å². The molecule has 3 nitrogen and oxygen atoms in total. The third kappa shape index (κ3) is 4.30. The lowest BCUT2D eigenvalue weighted by atomic mass is 9.98. The summed E-state index contributed by atoms with van der Waals surface area (Å²) in [5.41, 5.74) is 2.26. The smallest absolute Gasteiger partial charge is 0.211 e. The van der Waals surface area contributed by atoms with Crippen LogP contribution in [0.2, 0.25) is 5.02 Å². The molecule has 1 unspecified atom stereocenters. The zero-order valence-corrected chi connectivity index (χ0v) is 14.3. The van der Waals surface area contributed by atoms with E-state index in [-0.39, 0.29) is 16.8 Å². The van der Waals surface area contributed by atoms with Crippen molar-refractivity contribution in [2.45, 2.75) is 26.3 Å². The Morgan fingerprint density at radius 3 is 2.75 bits per heavy atom. The van der Waals surface area contributed by atoms with Crippen LogP contribution in [-0.2, 0) is 11.3 Å². The number of halogens is 3. The Bertz CT molecular complexity index is 737. The van der Waals surface area contributed by atoms with Crippen LogP contribution >= 0.6 is 11.6 Å². The van der Waals surface area contributed by atoms with Crippen LogP contribution in [0.4, 0.5) is 14.5 Å². The second-order valence-electron chi connectivity index (χ2n) is 5.70. The number of hydrogen-bond acceptors (Lipinski definition) is 2. The van der Waals surface area contributed by atoms with Gasteiger partial charge in [0, 0.05) is 18.8 Å². The highest BCUT2D eigenvalue weighted by molar-refractivity contribution is 6.31. The number of anilines is 1. The van der Waals surface area contributed by atoms with E-state index in [1.807, 2.05) is 13.0 Å². The molecule has 6 heteroatoms. The van der Waals surface area contributed by atoms with E-state index in [0.29, 0.717) is 41.9 Å². The molecule has 0 saturated carbocycles. The monoisotopic (exact) mass is 352 g/mol. The molecule has 0 aromatic heterocycles. The summed E-state index contributed by atoms with van der Waals surface area (Å²) >= 11 is 5.73. The zero-order valence-electron chi connectivity index (χ0n) is 13.5. The lowest BCUT2D eigenvalue weighted by Gasteiger charge is -2.16. The maximum atomic E-state index is 14.1. The first-order chi connectivity index (χ1) is 11.4. The van der Waals surface area contributed by atoms with Crippen molar-refractivity contribution in [3.63, 3.8) is 0 Å². The van der Waals surface area contributed by atoms with Gasteiger partial charge in [-0.05, 0) is 41.7 Å². The van der Waals surface area contributed by atoms with Gasteiger partial charge >= 0.3 is 0 Å². The molecule has 2 aromatic carbocycles. The highest BCUT2D eigenvalue weighted by atomic mass is 35.5. The van der Waals surface area contributed by atoms with Crippen molar-refractivity contribution in [2.75, 3.05) is 11.9 Å². The van der Waals surface area contributed by atoms with Crippen molar-refractivity contribution >= 4 is 23.7 Å². The number of carbonyl (C=O) groups is 1. The lowest BCUT2D eigenvalue weighted by molar-refractivity contribution is -0.105. The standard InChI is InChI=1S/C18H19ClF2N2O/c1-11-4-3-5-14(18(11)21)12(2)8-22-9-13-6-16(20)15(19)7-17(13)23-10-24/h3-7,10,12,22H,8-9H2,1-2H3,(H,23,24). The van der Waals surface area contributed by atoms with Crippen LogP contribution in [0.3, 0.4) is 0 Å². The van der Waals surface area contributed by atoms with Crippen molar-refractivity contribution in [1.82, 2.24) is 5.32 Å². The van der Waals surface area contributed by atoms with Gasteiger partial charge in [0.15, 0.2) is 0 Å². The molecule has 0 bridgehead atoms. The van der Waals surface area contributed by atoms with Crippen LogP contribution in [0.25, 0.3) is 0 Å². The number of rotatable bonds is 7. The SMILES string of the molecule is Cc1cccc(C(C)CNCc2cc(F)c(Cl)cc2NC=O)c1F. The second kappa shape index (κ2) is 8.22. The van der Waals surface area contributed by atoms with Gasteiger partial charge in [-0.2, -0.15) is 0 Å². The minimum absolute atomic E-state index is 0.0514. The summed E-state index contributed by atoms with van der Waals surface area (Å²) in [6.45, 7) is 4.47. The largest absolute Gasteiger partial charge is 0.328 e. The predicted octanol–water partition coefficient (Wildman–Crippen LogP) is 4.39. The molecule has 2 rings (SSSR count). The van der Waals surface area contributed by atoms with Gasteiger partial charge in [0.05, 0.1) is 5.02 Å². The molecule has 2 aromatic rings. The molecule has 2 N–H and O–H groups in total. The van der Waals surface area contributed by atoms with Gasteiger partial charge in [-0.3, -0.25) is 4.79 Å². The van der Waals surface area contributed by atoms with Crippen molar-refractivity contribution in [3.05, 3.63) is 63.7 Å². The number of amides is 1. The topological polar surface area (TPSA) is 41.1 Å². The fourth-order valence-electron chi connectivity index (χ4n) is 2.52. The van der Waals surface area contributed by atoms with Crippen LogP contribution in [0.1, 0.15) is 29.5 Å². The molecule has 0 spiro atoms. The number of carbonyl (C=O) groups excluding carboxylic acids is 1. The predicted molar refractivity (Wildman–Crippen MR) is 92.4 cm³/mol. The average Bonchev–Trinajstić information content (AvgIpc) is 2.54. The molecular weight excluding hydrogens is 334 g/mol. The molecule has 0 aliphatic carbocycles. The van der Waals surface area contributed by atoms with E-state index in [0.717, 1.165) is 0 Å². The molecule has 0 saturated heterocycles. The number of benzene rings is 2. The first-order valence-electron chi connectivity index (χ1n) is 7.57. The van der Waals surface area contributed by atoms with Gasteiger partial charge in [-0.25, -0.2) is 8.78 Å². The van der Waals surface area contributed by atoms with Crippen molar-refractivity contribution in [1.29, 1.82) is 0 Å². The zero-order chi connectivity index (χ0) is 17.7. The van der Waals surface area contributed by atoms with E-state index >= 15 is 0 Å². The average molecular weight is 353 g/mol. The van der Waals surface area contributed by atoms with E-state index in [4.69, 9.17) is 11.6 Å². The second-order valence-corrected chi connectivity index (χ2v) is 6.10. The molecule has 0 aliphatic heterocycles. The summed E-state index contributed by atoms with van der Waals surface area (Å²) in [6, 6.07) is 7.96. The first kappa shape index (κ1) is 18.4. The molecule has 24 heavy (non-hydrogen) atoms. The third-order valence-electron chi connectivity index (χ3n) is 3.88. The first-order valence-corrected chi connectivity index (χ1v) is 7.95. The quantitative estimate of drug-likeness (QED) is 0.726. The maximum absolute atomic E-state index is 14.1. The summed E-state index contributed by atoms with van der Waals surface area (Å²) < 4.78 is 27.7. The highest BCUT2D eigenvalue weighted by Gasteiger charge is 2.13. The van der Waals surface area contributed by atoms with E-state index in [1.54, 1.807) is 19.1 Å². The van der Waals surface area contributed by atoms with Gasteiger partial charge in [-0.1, -0.05) is 36.7 Å². The Kier molecular flexibility index (Phi) is 6.29. The van der Waals surface area contributed by atoms with Gasteiger partial charge < -0.3 is 10.6 Å². The van der Waals surface area contributed by atoms with Crippen LogP contribution in [0.15, 0.2) is 30.3 Å². The fourth-order valence-corrected chi connectivity index (χ4v) is 2.68. The minimum Gasteiger partial charge on any atom is -0.328 e. The van der Waals surface area contributed by atoms with Crippen molar-refractivity contribution in [2.24, 2.45) is 0 Å². The van der Waals surface area contributed by atoms with E-state index in [9.17, 15) is 13.6 Å². The number of nitrogens with one attached hydrogen (secondary N) is 2. The molecule has 1 amide bonds. The third-order valence-corrected chi connectivity index (χ3v) is 4.17. The number of aryl methyl sites for hydroxylation is 1. The Balaban J connectivity index is 2.05. The Morgan fingerprint density at radius 1 is 1.29 bits per heavy atom. The van der Waals surface area contributed by atoms with E-state index in [2.05, 4.69) is 10.6 Å². The molecule has 128 valence electrons. The van der Waals surface area contributed by atoms with Crippen LogP contribution in [-0.4, -0.2) is 13.0 Å². The normalized spacial score (nSPS) is 12.0. The highest BCUT2D eigenvalue weighted by Crippen LogP contribution is 2.25. The van der Waals surface area contributed by atoms with Gasteiger partial charge in [0.2, 0.25) is 6.41 Å². The molecule has 0 aliphatic rings. The Labute approximate surface area is 145 Å². The summed E-state index contributed by atoms with van der Waals surface area (Å²) in [4.78, 5) is 10.6. The van der Waals surface area contributed by atoms with Crippen LogP contribution in [0, 0.1) is 18.6 Å². The van der Waals surface area contributed by atoms with Gasteiger partial charge in [0.25, 0.3) is 0 Å². The Hall–Kier alpha value is -1.98. The Morgan fingerprint density at radius 2 is 2.04 bits per heavy atom. The maximum Gasteiger partial charge on any atom is 0.211 e. The minimum atomic E-state index is -0.553. The summed E-state index contributed by atoms with van der Waals surface area (Å²) in [7, 11) is 0. The number of hydrogen-bond donors (Lipinski definition) is 2. The van der Waals surface area contributed by atoms with E-state index < -0.39 is 5.82 Å².